The number of hydrogen-bond donors (Lipinski definition) is 3. The number of carbonyl (C=O) groups excluding carboxylic acids is 2. The van der Waals surface area contributed by atoms with Crippen LogP contribution in [0.1, 0.15) is 444 Å². The first-order valence-electron chi connectivity index (χ1n) is 39.8. The van der Waals surface area contributed by atoms with Crippen LogP contribution >= 0.6 is 0 Å². The van der Waals surface area contributed by atoms with Crippen molar-refractivity contribution < 1.29 is 24.5 Å². The number of amides is 1. The Labute approximate surface area is 544 Å². The van der Waals surface area contributed by atoms with Gasteiger partial charge in [-0.2, -0.15) is 0 Å². The molecule has 514 valence electrons. The lowest BCUT2D eigenvalue weighted by molar-refractivity contribution is -0.143. The van der Waals surface area contributed by atoms with Crippen molar-refractivity contribution in [3.63, 3.8) is 0 Å². The van der Waals surface area contributed by atoms with Crippen LogP contribution in [-0.4, -0.2) is 47.4 Å². The second-order valence-corrected chi connectivity index (χ2v) is 27.4. The molecule has 3 N–H and O–H groups in total. The monoisotopic (exact) mass is 1220 g/mol. The van der Waals surface area contributed by atoms with Gasteiger partial charge in [-0.3, -0.25) is 9.59 Å². The molecule has 1 amide bonds. The minimum atomic E-state index is -0.844. The first-order valence-corrected chi connectivity index (χ1v) is 39.8. The Morgan fingerprint density at radius 3 is 0.874 bits per heavy atom. The zero-order valence-electron chi connectivity index (χ0n) is 59.0. The van der Waals surface area contributed by atoms with Gasteiger partial charge in [0.05, 0.1) is 25.4 Å². The molecular weight excluding hydrogens is 1070 g/mol. The summed E-state index contributed by atoms with van der Waals surface area (Å²) in [5, 5.41) is 23.3. The summed E-state index contributed by atoms with van der Waals surface area (Å²) in [5.41, 5.74) is 0. The zero-order valence-corrected chi connectivity index (χ0v) is 59.0. The standard InChI is InChI=1S/C81H155NO5/c1-3-5-7-9-11-13-15-17-19-20-21-39-42-46-49-53-57-61-65-69-73-79(84)78(77-83)82-80(85)74-70-66-62-58-54-50-47-43-40-37-35-33-31-29-27-25-23-22-24-26-28-30-32-34-36-38-41-44-48-52-56-60-64-68-72-76-87-81(86)75-71-67-63-59-55-51-45-18-16-14-12-10-8-6-4-2/h24,26,30,32,69,73,78-79,83-84H,3-23,25,27-29,31,33-68,70-72,74-77H2,1-2H3,(H,82,85)/b26-24-,32-30-,73-69+. The van der Waals surface area contributed by atoms with Gasteiger partial charge in [-0.05, 0) is 64.2 Å². The number of aliphatic hydroxyl groups is 2. The molecule has 0 rings (SSSR count). The molecule has 0 aliphatic carbocycles. The molecular formula is C81H155NO5. The topological polar surface area (TPSA) is 95.9 Å². The SMILES string of the molecule is CCCCCCCCCCCCCCCCCCCC/C=C/C(O)C(CO)NC(=O)CCCCCCCCCCCCCCCCCCC/C=C\C/C=C\CCCCCCCCCCCCCOC(=O)CCCCCCCCCCCCCCCCC. The van der Waals surface area contributed by atoms with Crippen LogP contribution in [0.5, 0.6) is 0 Å². The average molecular weight is 1220 g/mol. The number of hydrogen-bond acceptors (Lipinski definition) is 5. The summed E-state index contributed by atoms with van der Waals surface area (Å²) < 4.78 is 5.50. The fourth-order valence-corrected chi connectivity index (χ4v) is 12.6. The Hall–Kier alpha value is -1.92. The lowest BCUT2D eigenvalue weighted by Crippen LogP contribution is -2.45. The molecule has 0 radical (unpaired) electrons. The summed E-state index contributed by atoms with van der Waals surface area (Å²) in [6.07, 6.45) is 99.8. The molecule has 2 atom stereocenters. The molecule has 0 aliphatic heterocycles. The number of rotatable bonds is 75. The van der Waals surface area contributed by atoms with Gasteiger partial charge in [-0.25, -0.2) is 0 Å². The maximum absolute atomic E-state index is 12.5. The predicted octanol–water partition coefficient (Wildman–Crippen LogP) is 26.2. The first kappa shape index (κ1) is 85.1. The average Bonchev–Trinajstić information content (AvgIpc) is 3.58. The third-order valence-electron chi connectivity index (χ3n) is 18.7. The zero-order chi connectivity index (χ0) is 62.8. The summed E-state index contributed by atoms with van der Waals surface area (Å²) in [4.78, 5) is 24.6. The maximum atomic E-state index is 12.5. The van der Waals surface area contributed by atoms with Gasteiger partial charge in [0.15, 0.2) is 0 Å². The van der Waals surface area contributed by atoms with Crippen LogP contribution in [0.15, 0.2) is 36.5 Å². The Bertz CT molecular complexity index is 1410. The van der Waals surface area contributed by atoms with Crippen LogP contribution in [0.25, 0.3) is 0 Å². The lowest BCUT2D eigenvalue weighted by atomic mass is 10.0. The minimum absolute atomic E-state index is 0.0202. The summed E-state index contributed by atoms with van der Waals surface area (Å²) in [5.74, 6) is -0.0412. The van der Waals surface area contributed by atoms with Gasteiger partial charge in [0.1, 0.15) is 0 Å². The molecule has 2 unspecified atom stereocenters. The van der Waals surface area contributed by atoms with Crippen molar-refractivity contribution in [1.82, 2.24) is 5.32 Å². The predicted molar refractivity (Wildman–Crippen MR) is 384 cm³/mol. The molecule has 6 heteroatoms. The molecule has 87 heavy (non-hydrogen) atoms. The molecule has 0 aromatic carbocycles. The van der Waals surface area contributed by atoms with E-state index in [9.17, 15) is 19.8 Å². The Morgan fingerprint density at radius 1 is 0.322 bits per heavy atom. The molecule has 0 heterocycles. The van der Waals surface area contributed by atoms with Gasteiger partial charge < -0.3 is 20.3 Å². The molecule has 0 spiro atoms. The summed E-state index contributed by atoms with van der Waals surface area (Å²) in [6, 6.07) is -0.627. The number of aliphatic hydroxyl groups excluding tert-OH is 2. The molecule has 0 aromatic rings. The minimum Gasteiger partial charge on any atom is -0.466 e. The van der Waals surface area contributed by atoms with E-state index < -0.39 is 12.1 Å². The van der Waals surface area contributed by atoms with Crippen molar-refractivity contribution in [2.24, 2.45) is 0 Å². The Kier molecular flexibility index (Phi) is 74.8. The van der Waals surface area contributed by atoms with E-state index in [0.29, 0.717) is 19.4 Å². The van der Waals surface area contributed by atoms with E-state index in [-0.39, 0.29) is 18.5 Å². The van der Waals surface area contributed by atoms with Crippen LogP contribution in [0, 0.1) is 0 Å². The number of nitrogens with one attached hydrogen (secondary N) is 1. The van der Waals surface area contributed by atoms with Crippen LogP contribution in [-0.2, 0) is 14.3 Å². The van der Waals surface area contributed by atoms with Gasteiger partial charge in [0, 0.05) is 12.8 Å². The van der Waals surface area contributed by atoms with Crippen LogP contribution < -0.4 is 5.32 Å². The number of unbranched alkanes of at least 4 members (excludes halogenated alkanes) is 60. The van der Waals surface area contributed by atoms with E-state index >= 15 is 0 Å². The van der Waals surface area contributed by atoms with Crippen LogP contribution in [0.3, 0.4) is 0 Å². The van der Waals surface area contributed by atoms with Crippen molar-refractivity contribution in [3.8, 4) is 0 Å². The summed E-state index contributed by atoms with van der Waals surface area (Å²) >= 11 is 0. The highest BCUT2D eigenvalue weighted by Gasteiger charge is 2.18. The van der Waals surface area contributed by atoms with Gasteiger partial charge in [-0.15, -0.1) is 0 Å². The molecule has 0 bridgehead atoms. The van der Waals surface area contributed by atoms with Crippen molar-refractivity contribution in [2.45, 2.75) is 456 Å². The first-order chi connectivity index (χ1) is 43.0. The Morgan fingerprint density at radius 2 is 0.575 bits per heavy atom. The van der Waals surface area contributed by atoms with Crippen molar-refractivity contribution in [1.29, 1.82) is 0 Å². The van der Waals surface area contributed by atoms with Crippen molar-refractivity contribution >= 4 is 11.9 Å². The van der Waals surface area contributed by atoms with E-state index in [2.05, 4.69) is 43.5 Å². The van der Waals surface area contributed by atoms with Gasteiger partial charge >= 0.3 is 5.97 Å². The molecule has 0 fully saturated rings. The molecule has 0 aromatic heterocycles. The van der Waals surface area contributed by atoms with E-state index in [4.69, 9.17) is 4.74 Å². The maximum Gasteiger partial charge on any atom is 0.305 e. The third kappa shape index (κ3) is 73.0. The quantitative estimate of drug-likeness (QED) is 0.0320. The highest BCUT2D eigenvalue weighted by molar-refractivity contribution is 5.76. The van der Waals surface area contributed by atoms with Gasteiger partial charge in [0.2, 0.25) is 5.91 Å². The highest BCUT2D eigenvalue weighted by atomic mass is 16.5. The van der Waals surface area contributed by atoms with E-state index in [1.165, 1.54) is 372 Å². The molecule has 0 saturated carbocycles. The molecule has 6 nitrogen and oxygen atoms in total. The second-order valence-electron chi connectivity index (χ2n) is 27.4. The van der Waals surface area contributed by atoms with Gasteiger partial charge in [-0.1, -0.05) is 403 Å². The second kappa shape index (κ2) is 76.5. The fraction of sp³-hybridized carbons (Fsp3) is 0.901. The number of esters is 1. The number of carbonyl (C=O) groups is 2. The summed E-state index contributed by atoms with van der Waals surface area (Å²) in [7, 11) is 0. The largest absolute Gasteiger partial charge is 0.466 e. The highest BCUT2D eigenvalue weighted by Crippen LogP contribution is 2.20. The fourth-order valence-electron chi connectivity index (χ4n) is 12.6. The smallest absolute Gasteiger partial charge is 0.305 e. The van der Waals surface area contributed by atoms with E-state index in [1.54, 1.807) is 6.08 Å². The Balaban J connectivity index is 3.38. The third-order valence-corrected chi connectivity index (χ3v) is 18.7. The van der Waals surface area contributed by atoms with E-state index in [0.717, 1.165) is 44.9 Å². The normalized spacial score (nSPS) is 12.6. The molecule has 0 aliphatic rings. The number of allylic oxidation sites excluding steroid dienone is 5. The van der Waals surface area contributed by atoms with Gasteiger partial charge in [0.25, 0.3) is 0 Å². The van der Waals surface area contributed by atoms with E-state index in [1.807, 2.05) is 6.08 Å². The lowest BCUT2D eigenvalue weighted by Gasteiger charge is -2.20. The van der Waals surface area contributed by atoms with Crippen LogP contribution in [0.4, 0.5) is 0 Å². The van der Waals surface area contributed by atoms with Crippen molar-refractivity contribution in [3.05, 3.63) is 36.5 Å². The van der Waals surface area contributed by atoms with Crippen molar-refractivity contribution in [2.75, 3.05) is 13.2 Å². The summed E-state index contributed by atoms with van der Waals surface area (Å²) in [6.45, 7) is 4.95. The molecule has 0 saturated heterocycles. The number of ether oxygens (including phenoxy) is 1. The van der Waals surface area contributed by atoms with Crippen LogP contribution in [0.2, 0.25) is 0 Å².